The molecule has 0 atom stereocenters. The van der Waals surface area contributed by atoms with E-state index in [4.69, 9.17) is 0 Å². The van der Waals surface area contributed by atoms with E-state index in [-0.39, 0.29) is 5.82 Å². The number of benzene rings is 1. The molecule has 1 aliphatic rings. The van der Waals surface area contributed by atoms with Gasteiger partial charge in [-0.2, -0.15) is 5.10 Å². The van der Waals surface area contributed by atoms with E-state index in [9.17, 15) is 4.39 Å². The second kappa shape index (κ2) is 5.70. The van der Waals surface area contributed by atoms with Crippen LogP contribution in [0.4, 0.5) is 10.2 Å². The van der Waals surface area contributed by atoms with Gasteiger partial charge in [0, 0.05) is 33.9 Å². The second-order valence-corrected chi connectivity index (χ2v) is 6.13. The summed E-state index contributed by atoms with van der Waals surface area (Å²) in [6.07, 6.45) is 2.83. The molecule has 0 saturated heterocycles. The fourth-order valence-electron chi connectivity index (χ4n) is 3.31. The molecule has 0 spiro atoms. The highest BCUT2D eigenvalue weighted by Crippen LogP contribution is 2.30. The molecule has 1 aliphatic carbocycles. The van der Waals surface area contributed by atoms with Crippen molar-refractivity contribution in [1.82, 2.24) is 15.0 Å². The number of anilines is 1. The number of H-pyrrole nitrogens is 1. The predicted octanol–water partition coefficient (Wildman–Crippen LogP) is 3.87. The maximum Gasteiger partial charge on any atom is 0.150 e. The minimum atomic E-state index is -0.232. The van der Waals surface area contributed by atoms with Crippen molar-refractivity contribution in [2.75, 3.05) is 5.43 Å². The fraction of sp³-hybridized carbons (Fsp3) is 0.278. The lowest BCUT2D eigenvalue weighted by molar-refractivity contribution is 0.629. The van der Waals surface area contributed by atoms with Crippen LogP contribution in [0, 0.1) is 19.7 Å². The van der Waals surface area contributed by atoms with Crippen LogP contribution in [0.15, 0.2) is 29.4 Å². The molecule has 2 heterocycles. The molecule has 2 aromatic heterocycles. The maximum absolute atomic E-state index is 13.7. The molecule has 0 saturated carbocycles. The molecular formula is C18H18FN5. The summed E-state index contributed by atoms with van der Waals surface area (Å²) in [5, 5.41) is 5.45. The van der Waals surface area contributed by atoms with Crippen molar-refractivity contribution < 1.29 is 4.39 Å². The SMILES string of the molecule is Cc1cc(N/N=C2/CCCc3[nH]c4ccc(F)cc4c32)nc(C)n1. The van der Waals surface area contributed by atoms with Crippen LogP contribution in [-0.4, -0.2) is 20.7 Å². The van der Waals surface area contributed by atoms with Gasteiger partial charge in [-0.25, -0.2) is 14.4 Å². The summed E-state index contributed by atoms with van der Waals surface area (Å²) in [6.45, 7) is 3.78. The van der Waals surface area contributed by atoms with E-state index in [0.717, 1.165) is 52.8 Å². The Bertz CT molecular complexity index is 937. The molecule has 0 unspecified atom stereocenters. The summed E-state index contributed by atoms with van der Waals surface area (Å²) in [5.41, 5.74) is 7.95. The topological polar surface area (TPSA) is 66.0 Å². The van der Waals surface area contributed by atoms with Gasteiger partial charge in [-0.1, -0.05) is 0 Å². The first-order chi connectivity index (χ1) is 11.6. The van der Waals surface area contributed by atoms with Crippen LogP contribution in [0.3, 0.4) is 0 Å². The van der Waals surface area contributed by atoms with Gasteiger partial charge < -0.3 is 4.98 Å². The quantitative estimate of drug-likeness (QED) is 0.704. The summed E-state index contributed by atoms with van der Waals surface area (Å²) in [4.78, 5) is 12.0. The Kier molecular flexibility index (Phi) is 3.52. The zero-order valence-corrected chi connectivity index (χ0v) is 13.7. The molecule has 0 amide bonds. The highest BCUT2D eigenvalue weighted by atomic mass is 19.1. The summed E-state index contributed by atoms with van der Waals surface area (Å²) in [5.74, 6) is 1.14. The van der Waals surface area contributed by atoms with Crippen molar-refractivity contribution in [3.63, 3.8) is 0 Å². The third-order valence-corrected chi connectivity index (χ3v) is 4.24. The van der Waals surface area contributed by atoms with Crippen molar-refractivity contribution in [1.29, 1.82) is 0 Å². The number of hydrazone groups is 1. The summed E-state index contributed by atoms with van der Waals surface area (Å²) < 4.78 is 13.7. The summed E-state index contributed by atoms with van der Waals surface area (Å²) in [7, 11) is 0. The van der Waals surface area contributed by atoms with Crippen LogP contribution in [-0.2, 0) is 6.42 Å². The number of aromatic nitrogens is 3. The van der Waals surface area contributed by atoms with Crippen LogP contribution in [0.1, 0.15) is 35.6 Å². The molecule has 4 rings (SSSR count). The fourth-order valence-corrected chi connectivity index (χ4v) is 3.31. The normalized spacial score (nSPS) is 15.7. The summed E-state index contributed by atoms with van der Waals surface area (Å²) >= 11 is 0. The Balaban J connectivity index is 1.75. The molecule has 0 radical (unpaired) electrons. The Morgan fingerprint density at radius 2 is 2.04 bits per heavy atom. The number of aromatic amines is 1. The number of rotatable bonds is 2. The highest BCUT2D eigenvalue weighted by Gasteiger charge is 2.21. The average molecular weight is 323 g/mol. The number of hydrogen-bond acceptors (Lipinski definition) is 4. The molecule has 0 aliphatic heterocycles. The largest absolute Gasteiger partial charge is 0.358 e. The maximum atomic E-state index is 13.7. The Hall–Kier alpha value is -2.76. The third-order valence-electron chi connectivity index (χ3n) is 4.24. The standard InChI is InChI=1S/C18H18FN5/c1-10-8-17(21-11(2)20-10)24-23-16-5-3-4-15-18(16)13-9-12(19)6-7-14(13)22-15/h6-9,22H,3-5H2,1-2H3,(H,20,21,24)/b23-16-. The molecule has 0 fully saturated rings. The number of halogens is 1. The van der Waals surface area contributed by atoms with Gasteiger partial charge in [-0.05, 0) is 51.3 Å². The average Bonchev–Trinajstić information content (AvgIpc) is 2.90. The third kappa shape index (κ3) is 2.64. The van der Waals surface area contributed by atoms with E-state index in [2.05, 4.69) is 25.5 Å². The van der Waals surface area contributed by atoms with Gasteiger partial charge in [0.25, 0.3) is 0 Å². The van der Waals surface area contributed by atoms with Gasteiger partial charge in [0.2, 0.25) is 0 Å². The monoisotopic (exact) mass is 323 g/mol. The zero-order chi connectivity index (χ0) is 16.7. The van der Waals surface area contributed by atoms with Crippen molar-refractivity contribution in [2.24, 2.45) is 5.10 Å². The van der Waals surface area contributed by atoms with Crippen LogP contribution in [0.2, 0.25) is 0 Å². The second-order valence-electron chi connectivity index (χ2n) is 6.13. The van der Waals surface area contributed by atoms with Gasteiger partial charge >= 0.3 is 0 Å². The van der Waals surface area contributed by atoms with E-state index in [1.54, 1.807) is 12.1 Å². The summed E-state index contributed by atoms with van der Waals surface area (Å²) in [6, 6.07) is 6.69. The van der Waals surface area contributed by atoms with Gasteiger partial charge in [0.05, 0.1) is 5.71 Å². The molecule has 0 bridgehead atoms. The van der Waals surface area contributed by atoms with Gasteiger partial charge in [-0.15, -0.1) is 0 Å². The minimum Gasteiger partial charge on any atom is -0.358 e. The molecule has 3 aromatic rings. The first-order valence-electron chi connectivity index (χ1n) is 8.05. The zero-order valence-electron chi connectivity index (χ0n) is 13.7. The number of nitrogens with zero attached hydrogens (tertiary/aromatic N) is 3. The smallest absolute Gasteiger partial charge is 0.150 e. The van der Waals surface area contributed by atoms with Crippen LogP contribution in [0.25, 0.3) is 10.9 Å². The Labute approximate surface area is 139 Å². The number of nitrogens with one attached hydrogen (secondary N) is 2. The molecule has 2 N–H and O–H groups in total. The lowest BCUT2D eigenvalue weighted by Crippen LogP contribution is -2.13. The number of aryl methyl sites for hydroxylation is 3. The van der Waals surface area contributed by atoms with Gasteiger partial charge in [-0.3, -0.25) is 5.43 Å². The van der Waals surface area contributed by atoms with Crippen LogP contribution >= 0.6 is 0 Å². The highest BCUT2D eigenvalue weighted by molar-refractivity contribution is 6.12. The van der Waals surface area contributed by atoms with Crippen molar-refractivity contribution in [2.45, 2.75) is 33.1 Å². The minimum absolute atomic E-state index is 0.232. The van der Waals surface area contributed by atoms with E-state index >= 15 is 0 Å². The van der Waals surface area contributed by atoms with Crippen molar-refractivity contribution in [3.8, 4) is 0 Å². The molecular weight excluding hydrogens is 305 g/mol. The molecule has 122 valence electrons. The van der Waals surface area contributed by atoms with E-state index < -0.39 is 0 Å². The molecule has 5 nitrogen and oxygen atoms in total. The van der Waals surface area contributed by atoms with E-state index in [1.165, 1.54) is 6.07 Å². The lowest BCUT2D eigenvalue weighted by atomic mass is 9.93. The van der Waals surface area contributed by atoms with Crippen LogP contribution in [0.5, 0.6) is 0 Å². The number of fused-ring (bicyclic) bond motifs is 3. The van der Waals surface area contributed by atoms with Crippen molar-refractivity contribution >= 4 is 22.4 Å². The lowest BCUT2D eigenvalue weighted by Gasteiger charge is -2.14. The molecule has 6 heteroatoms. The van der Waals surface area contributed by atoms with E-state index in [1.807, 2.05) is 19.9 Å². The van der Waals surface area contributed by atoms with Crippen molar-refractivity contribution in [3.05, 3.63) is 52.9 Å². The Morgan fingerprint density at radius 1 is 1.17 bits per heavy atom. The predicted molar refractivity (Wildman–Crippen MR) is 92.9 cm³/mol. The van der Waals surface area contributed by atoms with Gasteiger partial charge in [0.1, 0.15) is 17.5 Å². The molecule has 24 heavy (non-hydrogen) atoms. The van der Waals surface area contributed by atoms with E-state index in [0.29, 0.717) is 11.6 Å². The Morgan fingerprint density at radius 3 is 2.88 bits per heavy atom. The van der Waals surface area contributed by atoms with Crippen LogP contribution < -0.4 is 5.43 Å². The number of hydrogen-bond donors (Lipinski definition) is 2. The first kappa shape index (κ1) is 14.8. The first-order valence-corrected chi connectivity index (χ1v) is 8.05. The molecule has 1 aromatic carbocycles. The van der Waals surface area contributed by atoms with Gasteiger partial charge in [0.15, 0.2) is 0 Å².